The predicted octanol–water partition coefficient (Wildman–Crippen LogP) is -3.87. The monoisotopic (exact) mass is 574 g/mol. The molecule has 0 amide bonds. The summed E-state index contributed by atoms with van der Waals surface area (Å²) in [6.07, 6.45) is 0. The number of nitrogens with zero attached hydrogens (tertiary/aromatic N) is 2. The molecule has 0 bridgehead atoms. The van der Waals surface area contributed by atoms with Crippen LogP contribution in [0.5, 0.6) is 0 Å². The molecule has 0 aromatic heterocycles. The molecule has 28 heteroatoms. The Morgan fingerprint density at radius 2 is 0.438 bits per heavy atom. The number of sulfonamides is 4. The largest absolute Gasteiger partial charge is 1.00 e. The van der Waals surface area contributed by atoms with Gasteiger partial charge in [0.05, 0.1) is 0 Å². The van der Waals surface area contributed by atoms with Crippen molar-refractivity contribution in [2.24, 2.45) is 0 Å². The maximum Gasteiger partial charge on any atom is 1.00 e. The zero-order valence-electron chi connectivity index (χ0n) is 14.3. The fraction of sp³-hybridized carbons (Fsp3) is 1.00. The SMILES string of the molecule is O=S(=O)([N-]S(=O)(=O)C(F)(F)F)C(F)(F)F.O=S(=O)([N-]S(=O)(=O)C(F)(F)F)C(F)(F)F.[Li+].[Li+]. The first kappa shape index (κ1) is 39.3. The molecule has 0 aliphatic carbocycles. The second-order valence-corrected chi connectivity index (χ2v) is 10.7. The average Bonchev–Trinajstić information content (AvgIpc) is 2.30. The Hall–Kier alpha value is 0.0748. The quantitative estimate of drug-likeness (QED) is 0.243. The molecule has 0 unspecified atom stereocenters. The van der Waals surface area contributed by atoms with E-state index in [9.17, 15) is 86.4 Å². The van der Waals surface area contributed by atoms with Crippen molar-refractivity contribution in [3.63, 3.8) is 0 Å². The van der Waals surface area contributed by atoms with Gasteiger partial charge in [-0.3, -0.25) is 0 Å². The summed E-state index contributed by atoms with van der Waals surface area (Å²) in [6, 6.07) is 0. The van der Waals surface area contributed by atoms with Crippen LogP contribution in [0.2, 0.25) is 0 Å². The molecule has 10 nitrogen and oxygen atoms in total. The molecule has 0 rings (SSSR count). The molecule has 32 heavy (non-hydrogen) atoms. The van der Waals surface area contributed by atoms with Crippen LogP contribution >= 0.6 is 0 Å². The summed E-state index contributed by atoms with van der Waals surface area (Å²) in [4.78, 5) is 0. The van der Waals surface area contributed by atoms with Crippen molar-refractivity contribution in [3.8, 4) is 0 Å². The molecule has 184 valence electrons. The van der Waals surface area contributed by atoms with E-state index in [2.05, 4.69) is 0 Å². The Balaban J connectivity index is -0.000000231. The van der Waals surface area contributed by atoms with Gasteiger partial charge in [0.25, 0.3) is 0 Å². The Bertz CT molecular complexity index is 866. The Labute approximate surface area is 194 Å². The van der Waals surface area contributed by atoms with Crippen molar-refractivity contribution >= 4 is 40.1 Å². The topological polar surface area (TPSA) is 165 Å². The van der Waals surface area contributed by atoms with Crippen molar-refractivity contribution in [2.75, 3.05) is 0 Å². The molecule has 0 saturated heterocycles. The molecule has 0 atom stereocenters. The number of rotatable bonds is 4. The van der Waals surface area contributed by atoms with Crippen LogP contribution in [-0.4, -0.2) is 55.7 Å². The van der Waals surface area contributed by atoms with Crippen molar-refractivity contribution in [1.29, 1.82) is 0 Å². The minimum Gasteiger partial charge on any atom is -0.421 e. The van der Waals surface area contributed by atoms with Crippen LogP contribution in [0.1, 0.15) is 0 Å². The molecular weight excluding hydrogens is 574 g/mol. The second-order valence-electron chi connectivity index (χ2n) is 3.83. The van der Waals surface area contributed by atoms with E-state index >= 15 is 0 Å². The van der Waals surface area contributed by atoms with Gasteiger partial charge in [0.15, 0.2) is 40.1 Å². The third kappa shape index (κ3) is 11.0. The number of halogens is 12. The molecule has 0 radical (unpaired) electrons. The molecule has 0 spiro atoms. The van der Waals surface area contributed by atoms with Crippen LogP contribution in [-0.2, 0) is 40.1 Å². The summed E-state index contributed by atoms with van der Waals surface area (Å²) in [6.45, 7) is 0. The van der Waals surface area contributed by atoms with Crippen molar-refractivity contribution in [2.45, 2.75) is 22.0 Å². The van der Waals surface area contributed by atoms with Gasteiger partial charge in [-0.05, 0) is 0 Å². The zero-order valence-corrected chi connectivity index (χ0v) is 17.6. The third-order valence-corrected chi connectivity index (χ3v) is 7.04. The van der Waals surface area contributed by atoms with Crippen LogP contribution in [0.4, 0.5) is 52.7 Å². The molecule has 0 aromatic rings. The molecule has 0 aliphatic rings. The average molecular weight is 574 g/mol. The Morgan fingerprint density at radius 1 is 0.344 bits per heavy atom. The van der Waals surface area contributed by atoms with Gasteiger partial charge >= 0.3 is 59.8 Å². The Kier molecular flexibility index (Phi) is 13.8. The number of alkyl halides is 12. The summed E-state index contributed by atoms with van der Waals surface area (Å²) < 4.78 is 218. The second kappa shape index (κ2) is 11.2. The van der Waals surface area contributed by atoms with Crippen LogP contribution < -0.4 is 37.7 Å². The van der Waals surface area contributed by atoms with Gasteiger partial charge in [0, 0.05) is 0 Å². The molecule has 0 heterocycles. The smallest absolute Gasteiger partial charge is 0.421 e. The zero-order chi connectivity index (χ0) is 25.4. The van der Waals surface area contributed by atoms with E-state index in [1.165, 1.54) is 0 Å². The van der Waals surface area contributed by atoms with Gasteiger partial charge in [-0.15, -0.1) is 0 Å². The number of hydrogen-bond donors (Lipinski definition) is 0. The molecule has 0 aromatic carbocycles. The summed E-state index contributed by atoms with van der Waals surface area (Å²) >= 11 is 0. The van der Waals surface area contributed by atoms with E-state index in [4.69, 9.17) is 0 Å². The van der Waals surface area contributed by atoms with Crippen LogP contribution in [0, 0.1) is 0 Å². The van der Waals surface area contributed by atoms with E-state index in [1.807, 2.05) is 0 Å². The summed E-state index contributed by atoms with van der Waals surface area (Å²) in [5.41, 5.74) is -24.8. The summed E-state index contributed by atoms with van der Waals surface area (Å²) in [5, 5.41) is 0. The third-order valence-electron chi connectivity index (χ3n) is 1.56. The minimum atomic E-state index is -6.72. The summed E-state index contributed by atoms with van der Waals surface area (Å²) in [5.74, 6) is 0. The van der Waals surface area contributed by atoms with Gasteiger partial charge in [-0.25, -0.2) is 33.7 Å². The van der Waals surface area contributed by atoms with Gasteiger partial charge in [0.1, 0.15) is 0 Å². The predicted molar refractivity (Wildman–Crippen MR) is 66.6 cm³/mol. The van der Waals surface area contributed by atoms with Gasteiger partial charge in [-0.1, -0.05) is 0 Å². The van der Waals surface area contributed by atoms with Gasteiger partial charge < -0.3 is 8.25 Å². The maximum absolute atomic E-state index is 11.4. The van der Waals surface area contributed by atoms with Crippen molar-refractivity contribution in [3.05, 3.63) is 8.25 Å². The van der Waals surface area contributed by atoms with E-state index < -0.39 is 62.1 Å². The van der Waals surface area contributed by atoms with Crippen LogP contribution in [0.3, 0.4) is 0 Å². The van der Waals surface area contributed by atoms with E-state index in [1.54, 1.807) is 0 Å². The first-order valence-corrected chi connectivity index (χ1v) is 10.9. The van der Waals surface area contributed by atoms with Crippen molar-refractivity contribution < 1.29 is 124 Å². The molecule has 0 fully saturated rings. The number of hydrogen-bond acceptors (Lipinski definition) is 8. The normalized spacial score (nSPS) is 14.4. The van der Waals surface area contributed by atoms with Crippen LogP contribution in [0.15, 0.2) is 0 Å². The van der Waals surface area contributed by atoms with Gasteiger partial charge in [-0.2, -0.15) is 52.7 Å². The first-order chi connectivity index (χ1) is 12.4. The first-order valence-electron chi connectivity index (χ1n) is 5.15. The maximum atomic E-state index is 11.4. The minimum absolute atomic E-state index is 0. The van der Waals surface area contributed by atoms with E-state index in [-0.39, 0.29) is 37.7 Å². The molecule has 0 N–H and O–H groups in total. The molecule has 0 aliphatic heterocycles. The summed E-state index contributed by atoms with van der Waals surface area (Å²) in [7, 11) is -26.9. The van der Waals surface area contributed by atoms with Crippen molar-refractivity contribution in [1.82, 2.24) is 0 Å². The standard InChI is InChI=1S/2C2F6NO4S2.2Li/c2*3-1(4,5)14(10,11)9-15(12,13)2(6,7)8;;/q2*-1;2*+1. The van der Waals surface area contributed by atoms with E-state index in [0.717, 1.165) is 8.25 Å². The molecular formula is C4F12Li2N2O8S4. The van der Waals surface area contributed by atoms with E-state index in [0.29, 0.717) is 0 Å². The fourth-order valence-corrected chi connectivity index (χ4v) is 3.85. The fourth-order valence-electron chi connectivity index (χ4n) is 0.427. The van der Waals surface area contributed by atoms with Crippen LogP contribution in [0.25, 0.3) is 8.25 Å². The van der Waals surface area contributed by atoms with Gasteiger partial charge in [0.2, 0.25) is 0 Å². The Morgan fingerprint density at radius 3 is 0.500 bits per heavy atom. The molecule has 0 saturated carbocycles.